The molecule has 0 aromatic carbocycles. The number of carbonyl (C=O) groups excluding carboxylic acids is 1. The largest absolute Gasteiger partial charge is 0.356 e. The maximum Gasteiger partial charge on any atom is 0.228 e. The summed E-state index contributed by atoms with van der Waals surface area (Å²) >= 11 is 0. The molecule has 24 heavy (non-hydrogen) atoms. The molecule has 8 heteroatoms. The van der Waals surface area contributed by atoms with Crippen LogP contribution in [0.3, 0.4) is 0 Å². The van der Waals surface area contributed by atoms with Crippen molar-refractivity contribution in [3.8, 4) is 11.5 Å². The molecule has 1 aliphatic rings. The van der Waals surface area contributed by atoms with Crippen molar-refractivity contribution in [1.82, 2.24) is 25.5 Å². The van der Waals surface area contributed by atoms with E-state index >= 15 is 0 Å². The van der Waals surface area contributed by atoms with Crippen molar-refractivity contribution < 1.29 is 14.2 Å². The van der Waals surface area contributed by atoms with Crippen molar-refractivity contribution in [2.75, 3.05) is 26.2 Å². The third-order valence-corrected chi connectivity index (χ3v) is 3.69. The van der Waals surface area contributed by atoms with Gasteiger partial charge >= 0.3 is 0 Å². The van der Waals surface area contributed by atoms with Gasteiger partial charge in [-0.2, -0.15) is 10.0 Å². The summed E-state index contributed by atoms with van der Waals surface area (Å²) in [7, 11) is 0. The molecule has 1 aliphatic heterocycles. The zero-order valence-electron chi connectivity index (χ0n) is 13.5. The normalized spacial score (nSPS) is 15.3. The number of hydrogen-bond donors (Lipinski definition) is 1. The minimum Gasteiger partial charge on any atom is -0.356 e. The van der Waals surface area contributed by atoms with Crippen LogP contribution in [0.1, 0.15) is 25.2 Å². The predicted octanol–water partition coefficient (Wildman–Crippen LogP) is 1.21. The van der Waals surface area contributed by atoms with Crippen molar-refractivity contribution >= 4 is 5.91 Å². The van der Waals surface area contributed by atoms with Gasteiger partial charge in [-0.05, 0) is 25.0 Å². The smallest absolute Gasteiger partial charge is 0.228 e. The van der Waals surface area contributed by atoms with Crippen LogP contribution < -0.4 is 5.32 Å². The molecule has 0 spiro atoms. The second-order valence-electron chi connectivity index (χ2n) is 5.55. The van der Waals surface area contributed by atoms with E-state index < -0.39 is 0 Å². The third kappa shape index (κ3) is 4.84. The van der Waals surface area contributed by atoms with E-state index in [-0.39, 0.29) is 5.91 Å². The fourth-order valence-electron chi connectivity index (χ4n) is 2.40. The van der Waals surface area contributed by atoms with Gasteiger partial charge in [0.2, 0.25) is 17.6 Å². The predicted molar refractivity (Wildman–Crippen MR) is 85.6 cm³/mol. The van der Waals surface area contributed by atoms with Crippen LogP contribution in [0.5, 0.6) is 0 Å². The molecule has 0 radical (unpaired) electrons. The summed E-state index contributed by atoms with van der Waals surface area (Å²) in [5.41, 5.74) is 0.665. The molecular weight excluding hydrogens is 310 g/mol. The minimum atomic E-state index is -0.00589. The second kappa shape index (κ2) is 8.51. The van der Waals surface area contributed by atoms with Crippen LogP contribution in [0.2, 0.25) is 0 Å². The van der Waals surface area contributed by atoms with Crippen LogP contribution in [-0.4, -0.2) is 52.3 Å². The van der Waals surface area contributed by atoms with E-state index in [1.807, 2.05) is 23.3 Å². The summed E-state index contributed by atoms with van der Waals surface area (Å²) in [5, 5.41) is 8.61. The molecule has 0 unspecified atom stereocenters. The van der Waals surface area contributed by atoms with Crippen molar-refractivity contribution in [3.05, 3.63) is 30.3 Å². The maximum absolute atomic E-state index is 11.8. The van der Waals surface area contributed by atoms with Gasteiger partial charge in [0.1, 0.15) is 5.69 Å². The molecule has 1 saturated heterocycles. The monoisotopic (exact) mass is 331 g/mol. The van der Waals surface area contributed by atoms with Crippen LogP contribution in [0, 0.1) is 0 Å². The van der Waals surface area contributed by atoms with Crippen LogP contribution in [0.25, 0.3) is 11.5 Å². The van der Waals surface area contributed by atoms with Gasteiger partial charge < -0.3 is 9.84 Å². The first-order chi connectivity index (χ1) is 11.8. The molecule has 3 rings (SSSR count). The van der Waals surface area contributed by atoms with Crippen molar-refractivity contribution in [2.24, 2.45) is 0 Å². The number of rotatable bonds is 7. The maximum atomic E-state index is 11.8. The Kier molecular flexibility index (Phi) is 5.86. The van der Waals surface area contributed by atoms with Gasteiger partial charge in [0.25, 0.3) is 0 Å². The lowest BCUT2D eigenvalue weighted by atomic mass is 10.3. The molecule has 128 valence electrons. The van der Waals surface area contributed by atoms with E-state index in [9.17, 15) is 4.79 Å². The number of nitrogens with one attached hydrogen (secondary N) is 1. The molecular formula is C16H21N5O3. The standard InChI is InChI=1S/C16H21N5O3/c22-14(7-11-21-10-3-4-12-23-21)18-9-6-15-19-16(20-24-15)13-5-1-2-8-17-13/h1-2,5,8H,3-4,6-7,9-12H2,(H,18,22). The first kappa shape index (κ1) is 16.5. The van der Waals surface area contributed by atoms with E-state index in [1.165, 1.54) is 0 Å². The van der Waals surface area contributed by atoms with Crippen molar-refractivity contribution in [1.29, 1.82) is 0 Å². The minimum absolute atomic E-state index is 0.00589. The van der Waals surface area contributed by atoms with Gasteiger partial charge in [-0.15, -0.1) is 0 Å². The summed E-state index contributed by atoms with van der Waals surface area (Å²) < 4.78 is 5.18. The number of hydroxylamine groups is 2. The summed E-state index contributed by atoms with van der Waals surface area (Å²) in [6, 6.07) is 5.51. The number of carbonyl (C=O) groups is 1. The van der Waals surface area contributed by atoms with Gasteiger partial charge in [0.15, 0.2) is 0 Å². The molecule has 1 amide bonds. The highest BCUT2D eigenvalue weighted by Gasteiger charge is 2.13. The average molecular weight is 331 g/mol. The van der Waals surface area contributed by atoms with Gasteiger partial charge in [-0.3, -0.25) is 14.6 Å². The molecule has 2 aromatic heterocycles. The molecule has 0 bridgehead atoms. The van der Waals surface area contributed by atoms with Crippen LogP contribution in [-0.2, 0) is 16.1 Å². The summed E-state index contributed by atoms with van der Waals surface area (Å²) in [5.74, 6) is 0.933. The Morgan fingerprint density at radius 3 is 3.08 bits per heavy atom. The topological polar surface area (TPSA) is 93.4 Å². The quantitative estimate of drug-likeness (QED) is 0.815. The first-order valence-electron chi connectivity index (χ1n) is 8.20. The van der Waals surface area contributed by atoms with Crippen LogP contribution in [0.4, 0.5) is 0 Å². The number of amides is 1. The molecule has 0 atom stereocenters. The van der Waals surface area contributed by atoms with Crippen molar-refractivity contribution in [3.63, 3.8) is 0 Å². The number of aromatic nitrogens is 3. The second-order valence-corrected chi connectivity index (χ2v) is 5.55. The zero-order chi connectivity index (χ0) is 16.6. The van der Waals surface area contributed by atoms with E-state index in [2.05, 4.69) is 20.4 Å². The Labute approximate surface area is 140 Å². The number of hydrogen-bond acceptors (Lipinski definition) is 7. The highest BCUT2D eigenvalue weighted by Crippen LogP contribution is 2.11. The van der Waals surface area contributed by atoms with E-state index in [0.717, 1.165) is 26.0 Å². The first-order valence-corrected chi connectivity index (χ1v) is 8.20. The summed E-state index contributed by atoms with van der Waals surface area (Å²) in [6.07, 6.45) is 4.80. The zero-order valence-corrected chi connectivity index (χ0v) is 13.5. The van der Waals surface area contributed by atoms with Gasteiger partial charge in [0.05, 0.1) is 6.61 Å². The average Bonchev–Trinajstić information content (AvgIpc) is 3.11. The number of pyridine rings is 1. The fourth-order valence-corrected chi connectivity index (χ4v) is 2.40. The highest BCUT2D eigenvalue weighted by atomic mass is 16.7. The van der Waals surface area contributed by atoms with Gasteiger partial charge in [-0.1, -0.05) is 11.2 Å². The van der Waals surface area contributed by atoms with E-state index in [4.69, 9.17) is 9.36 Å². The molecule has 1 fully saturated rings. The third-order valence-electron chi connectivity index (χ3n) is 3.69. The lowest BCUT2D eigenvalue weighted by Crippen LogP contribution is -2.34. The van der Waals surface area contributed by atoms with Gasteiger partial charge in [0, 0.05) is 38.7 Å². The molecule has 3 heterocycles. The lowest BCUT2D eigenvalue weighted by Gasteiger charge is -2.25. The van der Waals surface area contributed by atoms with Crippen LogP contribution in [0.15, 0.2) is 28.9 Å². The molecule has 0 aliphatic carbocycles. The summed E-state index contributed by atoms with van der Waals surface area (Å²) in [4.78, 5) is 25.7. The van der Waals surface area contributed by atoms with E-state index in [0.29, 0.717) is 43.3 Å². The van der Waals surface area contributed by atoms with E-state index in [1.54, 1.807) is 6.20 Å². The van der Waals surface area contributed by atoms with Gasteiger partial charge in [-0.25, -0.2) is 0 Å². The Morgan fingerprint density at radius 1 is 1.33 bits per heavy atom. The lowest BCUT2D eigenvalue weighted by molar-refractivity contribution is -0.181. The highest BCUT2D eigenvalue weighted by molar-refractivity contribution is 5.76. The molecule has 8 nitrogen and oxygen atoms in total. The Morgan fingerprint density at radius 2 is 2.29 bits per heavy atom. The Bertz CT molecular complexity index is 640. The Hall–Kier alpha value is -2.32. The molecule has 2 aromatic rings. The van der Waals surface area contributed by atoms with Crippen molar-refractivity contribution in [2.45, 2.75) is 25.7 Å². The SMILES string of the molecule is O=C(CCN1CCCCO1)NCCc1nc(-c2ccccn2)no1. The number of nitrogens with zero attached hydrogens (tertiary/aromatic N) is 4. The molecule has 1 N–H and O–H groups in total. The molecule has 0 saturated carbocycles. The fraction of sp³-hybridized carbons (Fsp3) is 0.500. The van der Waals surface area contributed by atoms with Crippen LogP contribution >= 0.6 is 0 Å². The summed E-state index contributed by atoms with van der Waals surface area (Å²) in [6.45, 7) is 2.72. The Balaban J connectivity index is 1.37.